The van der Waals surface area contributed by atoms with Gasteiger partial charge in [0.05, 0.1) is 41.1 Å². The van der Waals surface area contributed by atoms with Gasteiger partial charge in [0.2, 0.25) is 11.6 Å². The summed E-state index contributed by atoms with van der Waals surface area (Å²) < 4.78 is 12.9. The Kier molecular flexibility index (Phi) is 20.2. The number of aliphatic hydroxyl groups is 3. The molecule has 0 spiro atoms. The number of benzene rings is 4. The molecule has 60 heavy (non-hydrogen) atoms. The van der Waals surface area contributed by atoms with Gasteiger partial charge < -0.3 is 51.7 Å². The number of halogens is 4. The topological polar surface area (TPSA) is 204 Å². The third-order valence-corrected chi connectivity index (χ3v) is 10.4. The van der Waals surface area contributed by atoms with Crippen molar-refractivity contribution in [2.24, 2.45) is 0 Å². The zero-order valence-electron chi connectivity index (χ0n) is 33.0. The third kappa shape index (κ3) is 12.8. The lowest BCUT2D eigenvalue weighted by Crippen LogP contribution is -2.42. The molecule has 2 aliphatic rings. The number of piperidine rings is 1. The van der Waals surface area contributed by atoms with Crippen molar-refractivity contribution in [3.8, 4) is 11.5 Å². The second-order valence-corrected chi connectivity index (χ2v) is 14.6. The minimum Gasteiger partial charge on any atom is -0.507 e. The third-order valence-electron chi connectivity index (χ3n) is 10.2. The van der Waals surface area contributed by atoms with Gasteiger partial charge in [-0.25, -0.2) is 4.39 Å². The zero-order chi connectivity index (χ0) is 41.7. The van der Waals surface area contributed by atoms with Gasteiger partial charge in [0, 0.05) is 80.7 Å². The number of nitrogens with zero attached hydrogens (tertiary/aromatic N) is 1. The van der Waals surface area contributed by atoms with E-state index in [0.717, 1.165) is 31.6 Å². The van der Waals surface area contributed by atoms with Gasteiger partial charge in [-0.15, -0.1) is 24.8 Å². The SMILES string of the molecule is Cl.Cl.O=C(CCCN1CCC(O)(c2ccc(Cl)cc2)CC1)c1ccc(F)cc1.O=C1c2c(O)ccc(O)c2C(=O)c2c(NCCNCCO)ccc(NCCNCCO)c21. The van der Waals surface area contributed by atoms with Crippen molar-refractivity contribution in [1.29, 1.82) is 0 Å². The molecule has 9 N–H and O–H groups in total. The highest BCUT2D eigenvalue weighted by atomic mass is 35.5. The van der Waals surface area contributed by atoms with E-state index in [1.807, 2.05) is 24.3 Å². The first-order valence-corrected chi connectivity index (χ1v) is 19.8. The van der Waals surface area contributed by atoms with Gasteiger partial charge in [-0.3, -0.25) is 14.4 Å². The molecule has 0 radical (unpaired) electrons. The Hall–Kier alpha value is -4.35. The highest BCUT2D eigenvalue weighted by Crippen LogP contribution is 2.42. The van der Waals surface area contributed by atoms with Crippen molar-refractivity contribution < 1.29 is 44.3 Å². The van der Waals surface area contributed by atoms with Crippen LogP contribution in [0.15, 0.2) is 72.8 Å². The predicted octanol–water partition coefficient (Wildman–Crippen LogP) is 5.13. The number of rotatable bonds is 18. The van der Waals surface area contributed by atoms with E-state index in [4.69, 9.17) is 21.8 Å². The van der Waals surface area contributed by atoms with E-state index >= 15 is 0 Å². The maximum Gasteiger partial charge on any atom is 0.200 e. The molecule has 4 aromatic rings. The Bertz CT molecular complexity index is 1960. The van der Waals surface area contributed by atoms with E-state index in [-0.39, 0.29) is 83.4 Å². The van der Waals surface area contributed by atoms with E-state index in [1.54, 1.807) is 12.1 Å². The number of phenols is 2. The minimum absolute atomic E-state index is 0. The molecule has 0 aromatic heterocycles. The first-order chi connectivity index (χ1) is 28.0. The number of hydrogen-bond donors (Lipinski definition) is 9. The summed E-state index contributed by atoms with van der Waals surface area (Å²) in [6.07, 6.45) is 2.54. The van der Waals surface area contributed by atoms with Crippen molar-refractivity contribution in [3.05, 3.63) is 117 Å². The lowest BCUT2D eigenvalue weighted by atomic mass is 9.81. The number of aliphatic hydroxyl groups excluding tert-OH is 2. The van der Waals surface area contributed by atoms with Gasteiger partial charge in [0.1, 0.15) is 17.3 Å². The molecular formula is C43H53Cl3FN5O8. The summed E-state index contributed by atoms with van der Waals surface area (Å²) in [6.45, 7) is 5.22. The number of aromatic hydroxyl groups is 2. The second-order valence-electron chi connectivity index (χ2n) is 14.1. The van der Waals surface area contributed by atoms with E-state index in [0.29, 0.717) is 80.5 Å². The summed E-state index contributed by atoms with van der Waals surface area (Å²) in [7, 11) is 0. The first kappa shape index (κ1) is 50.0. The number of carbonyl (C=O) groups excluding carboxylic acids is 3. The normalized spacial score (nSPS) is 14.1. The molecule has 1 heterocycles. The lowest BCUT2D eigenvalue weighted by Gasteiger charge is -2.38. The summed E-state index contributed by atoms with van der Waals surface area (Å²) in [4.78, 5) is 41.1. The van der Waals surface area contributed by atoms with Crippen LogP contribution < -0.4 is 21.3 Å². The minimum atomic E-state index is -0.801. The van der Waals surface area contributed by atoms with Crippen molar-refractivity contribution >= 4 is 65.1 Å². The van der Waals surface area contributed by atoms with Crippen LogP contribution in [0.3, 0.4) is 0 Å². The van der Waals surface area contributed by atoms with Gasteiger partial charge in [0.15, 0.2) is 5.78 Å². The van der Waals surface area contributed by atoms with Gasteiger partial charge in [0.25, 0.3) is 0 Å². The number of nitrogens with one attached hydrogen (secondary N) is 4. The maximum atomic E-state index is 13.4. The molecular weight excluding hydrogens is 840 g/mol. The largest absolute Gasteiger partial charge is 0.507 e. The van der Waals surface area contributed by atoms with Gasteiger partial charge in [-0.05, 0) is 92.0 Å². The van der Waals surface area contributed by atoms with Gasteiger partial charge in [-0.2, -0.15) is 0 Å². The molecule has 17 heteroatoms. The van der Waals surface area contributed by atoms with Crippen LogP contribution in [0, 0.1) is 5.82 Å². The number of ketones is 3. The van der Waals surface area contributed by atoms with Crippen LogP contribution in [-0.4, -0.2) is 120 Å². The number of hydrogen-bond acceptors (Lipinski definition) is 13. The fourth-order valence-corrected chi connectivity index (χ4v) is 7.20. The molecule has 326 valence electrons. The predicted molar refractivity (Wildman–Crippen MR) is 235 cm³/mol. The second kappa shape index (κ2) is 24.2. The van der Waals surface area contributed by atoms with Crippen LogP contribution >= 0.6 is 36.4 Å². The summed E-state index contributed by atoms with van der Waals surface area (Å²) in [6, 6.07) is 18.8. The molecule has 4 aromatic carbocycles. The fraction of sp³-hybridized carbons (Fsp3) is 0.372. The van der Waals surface area contributed by atoms with Crippen LogP contribution in [0.2, 0.25) is 5.02 Å². The Morgan fingerprint density at radius 1 is 0.683 bits per heavy atom. The molecule has 1 aliphatic carbocycles. The molecule has 0 amide bonds. The van der Waals surface area contributed by atoms with Crippen molar-refractivity contribution in [3.63, 3.8) is 0 Å². The smallest absolute Gasteiger partial charge is 0.200 e. The highest BCUT2D eigenvalue weighted by molar-refractivity contribution is 6.33. The number of carbonyl (C=O) groups is 3. The maximum absolute atomic E-state index is 13.4. The molecule has 0 unspecified atom stereocenters. The summed E-state index contributed by atoms with van der Waals surface area (Å²) >= 11 is 5.92. The van der Waals surface area contributed by atoms with Crippen LogP contribution in [-0.2, 0) is 5.60 Å². The van der Waals surface area contributed by atoms with Gasteiger partial charge in [-0.1, -0.05) is 23.7 Å². The number of phenolic OH excluding ortho intramolecular Hbond substituents is 2. The first-order valence-electron chi connectivity index (χ1n) is 19.4. The molecule has 0 saturated carbocycles. The number of fused-ring (bicyclic) bond motifs is 2. The van der Waals surface area contributed by atoms with E-state index in [9.17, 15) is 34.1 Å². The van der Waals surface area contributed by atoms with Crippen LogP contribution in [0.4, 0.5) is 15.8 Å². The molecule has 0 atom stereocenters. The average Bonchev–Trinajstić information content (AvgIpc) is 3.22. The summed E-state index contributed by atoms with van der Waals surface area (Å²) in [5.74, 6) is -2.15. The number of Topliss-reactive ketones (excluding diaryl/α,β-unsaturated/α-hetero) is 1. The Morgan fingerprint density at radius 2 is 1.17 bits per heavy atom. The van der Waals surface area contributed by atoms with Crippen molar-refractivity contribution in [2.45, 2.75) is 31.3 Å². The fourth-order valence-electron chi connectivity index (χ4n) is 7.08. The molecule has 1 aliphatic heterocycles. The molecule has 0 bridgehead atoms. The molecule has 1 saturated heterocycles. The van der Waals surface area contributed by atoms with Crippen LogP contribution in [0.1, 0.15) is 73.4 Å². The zero-order valence-corrected chi connectivity index (χ0v) is 35.4. The molecule has 13 nitrogen and oxygen atoms in total. The quantitative estimate of drug-likeness (QED) is 0.0319. The highest BCUT2D eigenvalue weighted by Gasteiger charge is 2.38. The Morgan fingerprint density at radius 3 is 1.63 bits per heavy atom. The average molecular weight is 893 g/mol. The Labute approximate surface area is 366 Å². The van der Waals surface area contributed by atoms with Crippen molar-refractivity contribution in [2.75, 3.05) is 82.8 Å². The summed E-state index contributed by atoms with van der Waals surface area (Å²) in [5, 5.41) is 62.1. The monoisotopic (exact) mass is 891 g/mol. The van der Waals surface area contributed by atoms with Crippen LogP contribution in [0.25, 0.3) is 0 Å². The van der Waals surface area contributed by atoms with Crippen molar-refractivity contribution in [1.82, 2.24) is 15.5 Å². The molecule has 6 rings (SSSR count). The number of likely N-dealkylation sites (tertiary alicyclic amines) is 1. The van der Waals surface area contributed by atoms with E-state index in [1.165, 1.54) is 36.4 Å². The standard InChI is InChI=1S/C22H28N4O6.C21H23ClFNO2.2ClH/c27-11-9-23-5-7-25-13-1-2-14(26-8-6-24-10-12-28)18-17(13)21(31)19-15(29)3-4-16(30)20(19)22(18)32;22-18-7-5-17(6-8-18)21(26)11-14-24(15-12-21)13-1-2-20(25)16-3-9-19(23)10-4-16;;/h1-4,23-30H,5-12H2;3-10,26H,1-2,11-15H2;2*1H. The van der Waals surface area contributed by atoms with Crippen LogP contribution in [0.5, 0.6) is 11.5 Å². The molecule has 1 fully saturated rings. The summed E-state index contributed by atoms with van der Waals surface area (Å²) in [5.41, 5.74) is 1.35. The Balaban J connectivity index is 0.000000316. The van der Waals surface area contributed by atoms with E-state index in [2.05, 4.69) is 26.2 Å². The van der Waals surface area contributed by atoms with Gasteiger partial charge >= 0.3 is 0 Å². The number of anilines is 2. The van der Waals surface area contributed by atoms with E-state index < -0.39 is 17.2 Å². The lowest BCUT2D eigenvalue weighted by molar-refractivity contribution is -0.0260.